The summed E-state index contributed by atoms with van der Waals surface area (Å²) in [4.78, 5) is 30.3. The summed E-state index contributed by atoms with van der Waals surface area (Å²) in [6.07, 6.45) is 1.51. The van der Waals surface area contributed by atoms with Gasteiger partial charge in [-0.1, -0.05) is 32.0 Å². The molecule has 0 radical (unpaired) electrons. The lowest BCUT2D eigenvalue weighted by atomic mass is 9.81. The average molecular weight is 394 g/mol. The van der Waals surface area contributed by atoms with E-state index in [1.54, 1.807) is 0 Å². The highest BCUT2D eigenvalue weighted by Gasteiger charge is 2.36. The van der Waals surface area contributed by atoms with Gasteiger partial charge in [0, 0.05) is 34.6 Å². The van der Waals surface area contributed by atoms with Crippen LogP contribution in [-0.2, 0) is 10.2 Å². The lowest BCUT2D eigenvalue weighted by Crippen LogP contribution is -2.37. The number of fused-ring (bicyclic) bond motifs is 3. The Morgan fingerprint density at radius 2 is 1.79 bits per heavy atom. The van der Waals surface area contributed by atoms with E-state index >= 15 is 0 Å². The number of benzene rings is 2. The van der Waals surface area contributed by atoms with Crippen molar-refractivity contribution in [3.8, 4) is 0 Å². The van der Waals surface area contributed by atoms with Crippen molar-refractivity contribution < 1.29 is 18.4 Å². The highest BCUT2D eigenvalue weighted by molar-refractivity contribution is 6.21. The van der Waals surface area contributed by atoms with E-state index in [0.29, 0.717) is 11.3 Å². The number of allylic oxidation sites excluding steroid dienone is 1. The molecule has 2 heterocycles. The number of carbonyl (C=O) groups excluding carboxylic acids is 2. The molecule has 1 amide bonds. The van der Waals surface area contributed by atoms with Crippen LogP contribution in [0.15, 0.2) is 48.7 Å². The largest absolute Gasteiger partial charge is 0.354 e. The van der Waals surface area contributed by atoms with Crippen molar-refractivity contribution in [3.05, 3.63) is 77.1 Å². The molecule has 0 spiro atoms. The van der Waals surface area contributed by atoms with E-state index in [2.05, 4.69) is 4.98 Å². The van der Waals surface area contributed by atoms with E-state index in [1.807, 2.05) is 38.1 Å². The standard InChI is InChI=1S/C23H20F2N2O2/c1-13(28)16-11-27(22(29)14-8-9-17(24)18(25)10-14)12-23(2,3)20-15-6-4-5-7-19(15)26-21(16)20/h4-11,26H,12H2,1-3H3. The van der Waals surface area contributed by atoms with Crippen LogP contribution in [0.3, 0.4) is 0 Å². The Hall–Kier alpha value is -3.28. The molecule has 0 aliphatic carbocycles. The van der Waals surface area contributed by atoms with Crippen LogP contribution in [0.4, 0.5) is 8.78 Å². The highest BCUT2D eigenvalue weighted by atomic mass is 19.2. The summed E-state index contributed by atoms with van der Waals surface area (Å²) in [5.74, 6) is -2.79. The number of halogens is 2. The molecule has 6 heteroatoms. The third-order valence-electron chi connectivity index (χ3n) is 5.31. The maximum absolute atomic E-state index is 13.7. The minimum Gasteiger partial charge on any atom is -0.354 e. The number of hydrogen-bond donors (Lipinski definition) is 1. The Balaban J connectivity index is 1.88. The van der Waals surface area contributed by atoms with E-state index in [-0.39, 0.29) is 17.9 Å². The highest BCUT2D eigenvalue weighted by Crippen LogP contribution is 2.40. The Kier molecular flexibility index (Phi) is 4.37. The van der Waals surface area contributed by atoms with E-state index < -0.39 is 23.0 Å². The summed E-state index contributed by atoms with van der Waals surface area (Å²) in [5, 5.41) is 0.988. The van der Waals surface area contributed by atoms with Crippen LogP contribution in [0, 0.1) is 11.6 Å². The molecule has 4 nitrogen and oxygen atoms in total. The molecule has 1 aliphatic heterocycles. The van der Waals surface area contributed by atoms with Gasteiger partial charge in [0.1, 0.15) is 0 Å². The van der Waals surface area contributed by atoms with Crippen LogP contribution >= 0.6 is 0 Å². The van der Waals surface area contributed by atoms with Crippen LogP contribution in [0.25, 0.3) is 16.5 Å². The molecule has 3 aromatic rings. The molecule has 4 rings (SSSR count). The number of hydrogen-bond acceptors (Lipinski definition) is 2. The number of aromatic amines is 1. The van der Waals surface area contributed by atoms with Gasteiger partial charge in [-0.3, -0.25) is 9.59 Å². The monoisotopic (exact) mass is 394 g/mol. The summed E-state index contributed by atoms with van der Waals surface area (Å²) in [6, 6.07) is 10.8. The van der Waals surface area contributed by atoms with Crippen molar-refractivity contribution in [2.45, 2.75) is 26.2 Å². The first kappa shape index (κ1) is 19.1. The molecule has 1 N–H and O–H groups in total. The number of nitrogens with zero attached hydrogens (tertiary/aromatic N) is 1. The number of amides is 1. The Morgan fingerprint density at radius 3 is 2.48 bits per heavy atom. The predicted molar refractivity (Wildman–Crippen MR) is 107 cm³/mol. The smallest absolute Gasteiger partial charge is 0.257 e. The maximum atomic E-state index is 13.7. The molecule has 0 saturated carbocycles. The summed E-state index contributed by atoms with van der Waals surface area (Å²) < 4.78 is 26.9. The quantitative estimate of drug-likeness (QED) is 0.678. The molecule has 2 aromatic carbocycles. The van der Waals surface area contributed by atoms with Crippen LogP contribution < -0.4 is 0 Å². The number of rotatable bonds is 2. The zero-order chi connectivity index (χ0) is 20.9. The summed E-state index contributed by atoms with van der Waals surface area (Å²) >= 11 is 0. The molecule has 0 atom stereocenters. The second-order valence-corrected chi connectivity index (χ2v) is 7.97. The van der Waals surface area contributed by atoms with Crippen molar-refractivity contribution in [1.82, 2.24) is 9.88 Å². The fourth-order valence-corrected chi connectivity index (χ4v) is 4.01. The van der Waals surface area contributed by atoms with Gasteiger partial charge in [-0.15, -0.1) is 0 Å². The van der Waals surface area contributed by atoms with Crippen molar-refractivity contribution in [2.24, 2.45) is 0 Å². The van der Waals surface area contributed by atoms with Gasteiger partial charge in [-0.2, -0.15) is 0 Å². The number of Topliss-reactive ketones (excluding diaryl/α,β-unsaturated/α-hetero) is 1. The Labute approximate surface area is 166 Å². The van der Waals surface area contributed by atoms with Crippen LogP contribution in [0.5, 0.6) is 0 Å². The van der Waals surface area contributed by atoms with Crippen LogP contribution in [0.1, 0.15) is 42.4 Å². The number of para-hydroxylation sites is 1. The van der Waals surface area contributed by atoms with Gasteiger partial charge in [0.25, 0.3) is 5.91 Å². The number of nitrogens with one attached hydrogen (secondary N) is 1. The molecular weight excluding hydrogens is 374 g/mol. The van der Waals surface area contributed by atoms with Crippen molar-refractivity contribution in [3.63, 3.8) is 0 Å². The third kappa shape index (κ3) is 3.14. The number of ketones is 1. The molecule has 1 aliphatic rings. The number of carbonyl (C=O) groups is 2. The lowest BCUT2D eigenvalue weighted by Gasteiger charge is -2.29. The van der Waals surface area contributed by atoms with Crippen molar-refractivity contribution in [1.29, 1.82) is 0 Å². The van der Waals surface area contributed by atoms with E-state index in [9.17, 15) is 18.4 Å². The Bertz CT molecular complexity index is 1190. The fourth-order valence-electron chi connectivity index (χ4n) is 4.01. The first-order valence-electron chi connectivity index (χ1n) is 9.29. The second-order valence-electron chi connectivity index (χ2n) is 7.97. The molecule has 148 valence electrons. The van der Waals surface area contributed by atoms with E-state index in [1.165, 1.54) is 24.1 Å². The average Bonchev–Trinajstić information content (AvgIpc) is 3.01. The zero-order valence-electron chi connectivity index (χ0n) is 16.3. The van der Waals surface area contributed by atoms with Gasteiger partial charge in [0.15, 0.2) is 17.4 Å². The van der Waals surface area contributed by atoms with Gasteiger partial charge in [0.05, 0.1) is 11.3 Å². The topological polar surface area (TPSA) is 53.2 Å². The SMILES string of the molecule is CC(=O)C1=CN(C(=O)c2ccc(F)c(F)c2)CC(C)(C)c2c1[nH]c1ccccc21. The molecular formula is C23H20F2N2O2. The zero-order valence-corrected chi connectivity index (χ0v) is 16.3. The van der Waals surface area contributed by atoms with Crippen molar-refractivity contribution >= 4 is 28.2 Å². The van der Waals surface area contributed by atoms with Crippen LogP contribution in [-0.4, -0.2) is 28.1 Å². The molecule has 0 unspecified atom stereocenters. The lowest BCUT2D eigenvalue weighted by molar-refractivity contribution is -0.111. The summed E-state index contributed by atoms with van der Waals surface area (Å²) in [7, 11) is 0. The third-order valence-corrected chi connectivity index (χ3v) is 5.31. The van der Waals surface area contributed by atoms with E-state index in [4.69, 9.17) is 0 Å². The van der Waals surface area contributed by atoms with Gasteiger partial charge in [0.2, 0.25) is 0 Å². The summed E-state index contributed by atoms with van der Waals surface area (Å²) in [5.41, 5.74) is 2.45. The Morgan fingerprint density at radius 1 is 1.07 bits per heavy atom. The number of aromatic nitrogens is 1. The summed E-state index contributed by atoms with van der Waals surface area (Å²) in [6.45, 7) is 5.71. The second kappa shape index (κ2) is 6.65. The first-order valence-corrected chi connectivity index (χ1v) is 9.29. The maximum Gasteiger partial charge on any atom is 0.257 e. The normalized spacial score (nSPS) is 15.6. The van der Waals surface area contributed by atoms with Crippen molar-refractivity contribution in [2.75, 3.05) is 6.54 Å². The van der Waals surface area contributed by atoms with Crippen LogP contribution in [0.2, 0.25) is 0 Å². The van der Waals surface area contributed by atoms with Gasteiger partial charge in [-0.05, 0) is 36.8 Å². The molecule has 29 heavy (non-hydrogen) atoms. The van der Waals surface area contributed by atoms with Gasteiger partial charge in [-0.25, -0.2) is 8.78 Å². The molecule has 0 saturated heterocycles. The molecule has 0 fully saturated rings. The molecule has 0 bridgehead atoms. The minimum atomic E-state index is -1.09. The fraction of sp³-hybridized carbons (Fsp3) is 0.217. The molecule has 1 aromatic heterocycles. The minimum absolute atomic E-state index is 0.0225. The number of H-pyrrole nitrogens is 1. The predicted octanol–water partition coefficient (Wildman–Crippen LogP) is 4.81. The first-order chi connectivity index (χ1) is 13.7. The van der Waals surface area contributed by atoms with Gasteiger partial charge >= 0.3 is 0 Å². The van der Waals surface area contributed by atoms with E-state index in [0.717, 1.165) is 28.6 Å². The van der Waals surface area contributed by atoms with Gasteiger partial charge < -0.3 is 9.88 Å².